The van der Waals surface area contributed by atoms with Crippen LogP contribution in [0.5, 0.6) is 5.75 Å². The van der Waals surface area contributed by atoms with Crippen LogP contribution in [0.2, 0.25) is 0 Å². The van der Waals surface area contributed by atoms with E-state index in [2.05, 4.69) is 33.2 Å². The fourth-order valence-corrected chi connectivity index (χ4v) is 6.07. The van der Waals surface area contributed by atoms with Crippen molar-refractivity contribution in [1.29, 1.82) is 0 Å². The van der Waals surface area contributed by atoms with Crippen molar-refractivity contribution in [3.05, 3.63) is 98.8 Å². The first kappa shape index (κ1) is 26.7. The predicted octanol–water partition coefficient (Wildman–Crippen LogP) is 5.33. The van der Waals surface area contributed by atoms with Gasteiger partial charge in [0.1, 0.15) is 11.6 Å². The highest BCUT2D eigenvalue weighted by atomic mass is 19.1. The van der Waals surface area contributed by atoms with E-state index in [1.807, 2.05) is 31.2 Å². The Morgan fingerprint density at radius 2 is 1.97 bits per heavy atom. The number of fused-ring (bicyclic) bond motifs is 1. The Hall–Kier alpha value is -3.91. The van der Waals surface area contributed by atoms with Crippen molar-refractivity contribution in [3.8, 4) is 5.75 Å². The molecule has 1 amide bonds. The molecule has 0 spiro atoms. The number of aryl methyl sites for hydroxylation is 1. The van der Waals surface area contributed by atoms with Gasteiger partial charge in [-0.1, -0.05) is 30.3 Å². The third-order valence-corrected chi connectivity index (χ3v) is 8.04. The largest absolute Gasteiger partial charge is 0.496 e. The zero-order chi connectivity index (χ0) is 27.7. The second kappa shape index (κ2) is 11.1. The minimum absolute atomic E-state index is 0.0513. The number of amides is 1. The third-order valence-electron chi connectivity index (χ3n) is 8.04. The summed E-state index contributed by atoms with van der Waals surface area (Å²) in [6.07, 6.45) is 1.85. The highest BCUT2D eigenvalue weighted by Gasteiger charge is 2.31. The van der Waals surface area contributed by atoms with Gasteiger partial charge in [-0.3, -0.25) is 9.59 Å². The van der Waals surface area contributed by atoms with E-state index in [4.69, 9.17) is 4.74 Å². The summed E-state index contributed by atoms with van der Waals surface area (Å²) >= 11 is 0. The van der Waals surface area contributed by atoms with Crippen LogP contribution >= 0.6 is 0 Å². The lowest BCUT2D eigenvalue weighted by molar-refractivity contribution is 0.0951. The molecule has 0 saturated carbocycles. The van der Waals surface area contributed by atoms with Gasteiger partial charge >= 0.3 is 0 Å². The zero-order valence-corrected chi connectivity index (χ0v) is 22.8. The van der Waals surface area contributed by atoms with Crippen LogP contribution in [0, 0.1) is 25.6 Å². The molecule has 3 atom stereocenters. The van der Waals surface area contributed by atoms with Crippen LogP contribution in [-0.4, -0.2) is 29.1 Å². The van der Waals surface area contributed by atoms with E-state index >= 15 is 0 Å². The molecule has 8 heteroatoms. The van der Waals surface area contributed by atoms with Gasteiger partial charge in [0.05, 0.1) is 24.8 Å². The number of benzene rings is 2. The zero-order valence-electron chi connectivity index (χ0n) is 22.8. The first-order chi connectivity index (χ1) is 18.8. The van der Waals surface area contributed by atoms with Gasteiger partial charge in [-0.2, -0.15) is 0 Å². The molecule has 39 heavy (non-hydrogen) atoms. The topological polar surface area (TPSA) is 88.2 Å². The third kappa shape index (κ3) is 5.21. The van der Waals surface area contributed by atoms with Crippen molar-refractivity contribution in [2.75, 3.05) is 13.7 Å². The number of halogens is 1. The first-order valence-electron chi connectivity index (χ1n) is 13.4. The van der Waals surface area contributed by atoms with Gasteiger partial charge in [-0.15, -0.1) is 0 Å². The molecule has 5 rings (SSSR count). The molecule has 2 aromatic carbocycles. The fourth-order valence-electron chi connectivity index (χ4n) is 6.07. The Morgan fingerprint density at radius 1 is 1.18 bits per heavy atom. The monoisotopic (exact) mass is 530 g/mol. The fraction of sp³-hybridized carbons (Fsp3) is 0.355. The summed E-state index contributed by atoms with van der Waals surface area (Å²) in [6.45, 7) is 6.87. The van der Waals surface area contributed by atoms with Crippen molar-refractivity contribution in [1.82, 2.24) is 20.2 Å². The summed E-state index contributed by atoms with van der Waals surface area (Å²) in [4.78, 5) is 28.9. The summed E-state index contributed by atoms with van der Waals surface area (Å²) in [5.41, 5.74) is 4.24. The van der Waals surface area contributed by atoms with Crippen molar-refractivity contribution in [2.45, 2.75) is 52.2 Å². The molecule has 0 radical (unpaired) electrons. The molecule has 3 unspecified atom stereocenters. The van der Waals surface area contributed by atoms with Crippen LogP contribution in [0.1, 0.15) is 64.7 Å². The molecule has 204 valence electrons. The Bertz CT molecular complexity index is 1570. The number of pyridine rings is 1. The van der Waals surface area contributed by atoms with E-state index in [9.17, 15) is 14.0 Å². The van der Waals surface area contributed by atoms with Crippen molar-refractivity contribution < 1.29 is 13.9 Å². The summed E-state index contributed by atoms with van der Waals surface area (Å²) in [5, 5.41) is 7.37. The second-order valence-corrected chi connectivity index (χ2v) is 10.4. The lowest BCUT2D eigenvalue weighted by Gasteiger charge is -2.35. The number of ether oxygens (including phenoxy) is 1. The highest BCUT2D eigenvalue weighted by molar-refractivity contribution is 6.08. The maximum absolute atomic E-state index is 13.9. The molecular formula is C31H35FN4O3. The molecule has 2 aromatic heterocycles. The number of rotatable bonds is 7. The van der Waals surface area contributed by atoms with E-state index in [1.165, 1.54) is 13.2 Å². The lowest BCUT2D eigenvalue weighted by atomic mass is 9.84. The van der Waals surface area contributed by atoms with Crippen molar-refractivity contribution >= 4 is 16.8 Å². The van der Waals surface area contributed by atoms with Gasteiger partial charge in [0.2, 0.25) is 0 Å². The maximum Gasteiger partial charge on any atom is 0.256 e. The van der Waals surface area contributed by atoms with Crippen LogP contribution in [-0.2, 0) is 6.54 Å². The highest BCUT2D eigenvalue weighted by Crippen LogP contribution is 2.38. The summed E-state index contributed by atoms with van der Waals surface area (Å²) in [5.74, 6) is 0.320. The van der Waals surface area contributed by atoms with E-state index < -0.39 is 0 Å². The number of carbonyl (C=O) groups is 1. The van der Waals surface area contributed by atoms with Crippen LogP contribution in [0.3, 0.4) is 0 Å². The molecule has 3 heterocycles. The average Bonchev–Trinajstić information content (AvgIpc) is 3.23. The Labute approximate surface area is 227 Å². The van der Waals surface area contributed by atoms with Gasteiger partial charge in [0.25, 0.3) is 11.5 Å². The lowest BCUT2D eigenvalue weighted by Crippen LogP contribution is -2.35. The van der Waals surface area contributed by atoms with Gasteiger partial charge in [0, 0.05) is 34.4 Å². The van der Waals surface area contributed by atoms with Crippen LogP contribution < -0.4 is 20.9 Å². The molecule has 0 aliphatic carbocycles. The van der Waals surface area contributed by atoms with Crippen LogP contribution in [0.25, 0.3) is 10.9 Å². The molecule has 3 N–H and O–H groups in total. The minimum atomic E-state index is -0.279. The van der Waals surface area contributed by atoms with E-state index in [0.29, 0.717) is 28.5 Å². The Kier molecular flexibility index (Phi) is 7.57. The number of methoxy groups -OCH3 is 1. The molecule has 1 aliphatic rings. The SMILES string of the molecule is COc1cc(C)[nH]c(=O)c1CNC(=O)c1c(C)n(C(C)C2CCNC(c3cccc(F)c3)C2)c2ccccc12. The number of para-hydroxylation sites is 1. The summed E-state index contributed by atoms with van der Waals surface area (Å²) < 4.78 is 21.6. The molecular weight excluding hydrogens is 495 g/mol. The van der Waals surface area contributed by atoms with Gasteiger partial charge in [-0.05, 0) is 75.9 Å². The number of carbonyl (C=O) groups excluding carboxylic acids is 1. The maximum atomic E-state index is 13.9. The second-order valence-electron chi connectivity index (χ2n) is 10.4. The number of nitrogens with zero attached hydrogens (tertiary/aromatic N) is 1. The Morgan fingerprint density at radius 3 is 2.74 bits per heavy atom. The molecule has 1 saturated heterocycles. The molecule has 1 fully saturated rings. The number of hydrogen-bond acceptors (Lipinski definition) is 4. The summed E-state index contributed by atoms with van der Waals surface area (Å²) in [7, 11) is 1.51. The van der Waals surface area contributed by atoms with Crippen molar-refractivity contribution in [2.24, 2.45) is 5.92 Å². The number of piperidine rings is 1. The number of hydrogen-bond donors (Lipinski definition) is 3. The van der Waals surface area contributed by atoms with Gasteiger partial charge in [-0.25, -0.2) is 4.39 Å². The van der Waals surface area contributed by atoms with Gasteiger partial charge in [0.15, 0.2) is 0 Å². The molecule has 1 aliphatic heterocycles. The standard InChI is InChI=1S/C31H35FN4O3/c1-18-14-28(39-4)25(30(37)35-18)17-34-31(38)29-20(3)36(27-11-6-5-10-24(27)29)19(2)21-12-13-33-26(16-21)22-8-7-9-23(32)15-22/h5-11,14-15,19,21,26,33H,12-13,16-17H2,1-4H3,(H,34,38)(H,35,37). The van der Waals surface area contributed by atoms with E-state index in [1.54, 1.807) is 25.1 Å². The normalized spacial score (nSPS) is 18.2. The van der Waals surface area contributed by atoms with Crippen LogP contribution in [0.15, 0.2) is 59.4 Å². The molecule has 4 aromatic rings. The number of aromatic amines is 1. The first-order valence-corrected chi connectivity index (χ1v) is 13.4. The molecule has 7 nitrogen and oxygen atoms in total. The predicted molar refractivity (Wildman–Crippen MR) is 151 cm³/mol. The number of aromatic nitrogens is 2. The Balaban J connectivity index is 1.43. The van der Waals surface area contributed by atoms with Gasteiger partial charge < -0.3 is 24.9 Å². The summed E-state index contributed by atoms with van der Waals surface area (Å²) in [6, 6.07) is 16.7. The molecule has 0 bridgehead atoms. The number of H-pyrrole nitrogens is 1. The van der Waals surface area contributed by atoms with E-state index in [0.717, 1.165) is 41.5 Å². The average molecular weight is 531 g/mol. The minimum Gasteiger partial charge on any atom is -0.496 e. The van der Waals surface area contributed by atoms with Crippen molar-refractivity contribution in [3.63, 3.8) is 0 Å². The number of nitrogens with one attached hydrogen (secondary N) is 3. The van der Waals surface area contributed by atoms with E-state index in [-0.39, 0.29) is 35.9 Å². The van der Waals surface area contributed by atoms with Crippen LogP contribution in [0.4, 0.5) is 4.39 Å². The quantitative estimate of drug-likeness (QED) is 0.302. The smallest absolute Gasteiger partial charge is 0.256 e.